The van der Waals surface area contributed by atoms with Gasteiger partial charge in [-0.05, 0) is 49.0 Å². The Hall–Kier alpha value is -1.02. The van der Waals surface area contributed by atoms with Crippen molar-refractivity contribution < 1.29 is 0 Å². The van der Waals surface area contributed by atoms with Crippen molar-refractivity contribution in [3.8, 4) is 0 Å². The van der Waals surface area contributed by atoms with Gasteiger partial charge in [0, 0.05) is 12.2 Å². The van der Waals surface area contributed by atoms with Gasteiger partial charge in [-0.2, -0.15) is 0 Å². The normalized spacial score (nSPS) is 16.6. The summed E-state index contributed by atoms with van der Waals surface area (Å²) >= 11 is 0. The van der Waals surface area contributed by atoms with Crippen molar-refractivity contribution in [2.45, 2.75) is 53.5 Å². The summed E-state index contributed by atoms with van der Waals surface area (Å²) in [6.45, 7) is 12.3. The summed E-state index contributed by atoms with van der Waals surface area (Å²) in [5.41, 5.74) is 8.38. The largest absolute Gasteiger partial charge is 0.399 e. The van der Waals surface area contributed by atoms with E-state index in [-0.39, 0.29) is 0 Å². The van der Waals surface area contributed by atoms with Crippen LogP contribution in [-0.2, 0) is 6.54 Å². The van der Waals surface area contributed by atoms with Gasteiger partial charge in [-0.15, -0.1) is 0 Å². The highest BCUT2D eigenvalue weighted by atomic mass is 15.1. The molecule has 19 heavy (non-hydrogen) atoms. The first-order valence-electron chi connectivity index (χ1n) is 7.41. The number of benzene rings is 1. The zero-order valence-electron chi connectivity index (χ0n) is 13.1. The Labute approximate surface area is 119 Å². The van der Waals surface area contributed by atoms with Crippen molar-refractivity contribution in [1.82, 2.24) is 4.90 Å². The molecule has 2 heteroatoms. The lowest BCUT2D eigenvalue weighted by Crippen LogP contribution is -2.29. The second-order valence-corrected chi connectivity index (χ2v) is 7.08. The average Bonchev–Trinajstić information content (AvgIpc) is 2.31. The van der Waals surface area contributed by atoms with Gasteiger partial charge in [0.2, 0.25) is 0 Å². The average molecular weight is 262 g/mol. The fourth-order valence-corrected chi connectivity index (χ4v) is 2.00. The first kappa shape index (κ1) is 16.0. The molecule has 2 N–H and O–H groups in total. The topological polar surface area (TPSA) is 29.3 Å². The van der Waals surface area contributed by atoms with Crippen molar-refractivity contribution in [3.05, 3.63) is 29.8 Å². The van der Waals surface area contributed by atoms with E-state index in [1.165, 1.54) is 37.9 Å². The van der Waals surface area contributed by atoms with Gasteiger partial charge in [-0.1, -0.05) is 46.2 Å². The molecule has 0 spiro atoms. The smallest absolute Gasteiger partial charge is 0.0314 e. The van der Waals surface area contributed by atoms with Crippen molar-refractivity contribution in [3.63, 3.8) is 0 Å². The van der Waals surface area contributed by atoms with E-state index < -0.39 is 0 Å². The van der Waals surface area contributed by atoms with Gasteiger partial charge in [0.1, 0.15) is 0 Å². The maximum Gasteiger partial charge on any atom is 0.0314 e. The fraction of sp³-hybridized carbons (Fsp3) is 0.647. The van der Waals surface area contributed by atoms with E-state index in [1.807, 2.05) is 12.1 Å². The van der Waals surface area contributed by atoms with E-state index >= 15 is 0 Å². The Kier molecular flexibility index (Phi) is 6.36. The van der Waals surface area contributed by atoms with Crippen LogP contribution in [0.3, 0.4) is 0 Å². The van der Waals surface area contributed by atoms with Crippen LogP contribution >= 0.6 is 0 Å². The molecule has 2 nitrogen and oxygen atoms in total. The maximum atomic E-state index is 5.65. The second kappa shape index (κ2) is 7.54. The molecule has 1 fully saturated rings. The summed E-state index contributed by atoms with van der Waals surface area (Å²) in [5, 5.41) is 0. The molecule has 0 bridgehead atoms. The summed E-state index contributed by atoms with van der Waals surface area (Å²) in [7, 11) is 0. The first-order valence-corrected chi connectivity index (χ1v) is 7.41. The van der Waals surface area contributed by atoms with Crippen LogP contribution in [0.15, 0.2) is 24.3 Å². The molecule has 0 aliphatic carbocycles. The first-order chi connectivity index (χ1) is 8.84. The molecule has 0 aromatic heterocycles. The van der Waals surface area contributed by atoms with Gasteiger partial charge in [0.25, 0.3) is 0 Å². The summed E-state index contributed by atoms with van der Waals surface area (Å²) < 4.78 is 0. The number of hydrogen-bond acceptors (Lipinski definition) is 2. The van der Waals surface area contributed by atoms with E-state index in [0.717, 1.165) is 12.2 Å². The van der Waals surface area contributed by atoms with Gasteiger partial charge in [-0.25, -0.2) is 0 Å². The number of hydrogen-bond donors (Lipinski definition) is 1. The molecule has 0 unspecified atom stereocenters. The van der Waals surface area contributed by atoms with Crippen LogP contribution in [0.25, 0.3) is 0 Å². The standard InChI is InChI=1S/C12H18N2.C5H12/c13-12-6-4-11(5-7-12)10-14-8-2-1-3-9-14;1-5(2,3)4/h4-7H,1-3,8-10,13H2;1-4H3. The molecule has 1 aromatic carbocycles. The molecule has 1 aliphatic heterocycles. The number of nitrogens with zero attached hydrogens (tertiary/aromatic N) is 1. The van der Waals surface area contributed by atoms with Crippen LogP contribution in [-0.4, -0.2) is 18.0 Å². The zero-order valence-corrected chi connectivity index (χ0v) is 13.1. The third kappa shape index (κ3) is 8.66. The second-order valence-electron chi connectivity index (χ2n) is 7.08. The minimum absolute atomic E-state index is 0.500. The highest BCUT2D eigenvalue weighted by molar-refractivity contribution is 5.39. The van der Waals surface area contributed by atoms with E-state index in [9.17, 15) is 0 Å². The minimum Gasteiger partial charge on any atom is -0.399 e. The number of nitrogen functional groups attached to an aromatic ring is 1. The zero-order chi connectivity index (χ0) is 14.3. The Bertz CT molecular complexity index is 337. The summed E-state index contributed by atoms with van der Waals surface area (Å²) in [6, 6.07) is 8.23. The number of anilines is 1. The van der Waals surface area contributed by atoms with Crippen molar-refractivity contribution in [1.29, 1.82) is 0 Å². The van der Waals surface area contributed by atoms with Crippen molar-refractivity contribution in [2.75, 3.05) is 18.8 Å². The Morgan fingerprint density at radius 2 is 1.42 bits per heavy atom. The fourth-order valence-electron chi connectivity index (χ4n) is 2.00. The molecule has 0 saturated carbocycles. The quantitative estimate of drug-likeness (QED) is 0.805. The molecular formula is C17H30N2. The van der Waals surface area contributed by atoms with Crippen molar-refractivity contribution >= 4 is 5.69 Å². The van der Waals surface area contributed by atoms with E-state index in [2.05, 4.69) is 44.7 Å². The van der Waals surface area contributed by atoms with Crippen LogP contribution in [0, 0.1) is 5.41 Å². The molecular weight excluding hydrogens is 232 g/mol. The van der Waals surface area contributed by atoms with Gasteiger partial charge in [0.15, 0.2) is 0 Å². The van der Waals surface area contributed by atoms with E-state index in [4.69, 9.17) is 5.73 Å². The van der Waals surface area contributed by atoms with Gasteiger partial charge >= 0.3 is 0 Å². The summed E-state index contributed by atoms with van der Waals surface area (Å²) in [5.74, 6) is 0. The molecule has 108 valence electrons. The van der Waals surface area contributed by atoms with Gasteiger partial charge in [-0.3, -0.25) is 4.90 Å². The molecule has 0 amide bonds. The van der Waals surface area contributed by atoms with Crippen molar-refractivity contribution in [2.24, 2.45) is 5.41 Å². The predicted octanol–water partition coefficient (Wildman–Crippen LogP) is 4.31. The maximum absolute atomic E-state index is 5.65. The molecule has 1 saturated heterocycles. The predicted molar refractivity (Wildman–Crippen MR) is 85.1 cm³/mol. The molecule has 1 heterocycles. The lowest BCUT2D eigenvalue weighted by Gasteiger charge is -2.26. The van der Waals surface area contributed by atoms with E-state index in [1.54, 1.807) is 0 Å². The molecule has 1 aliphatic rings. The third-order valence-electron chi connectivity index (χ3n) is 2.83. The van der Waals surface area contributed by atoms with Gasteiger partial charge < -0.3 is 5.73 Å². The highest BCUT2D eigenvalue weighted by Crippen LogP contribution is 2.13. The third-order valence-corrected chi connectivity index (χ3v) is 2.83. The minimum atomic E-state index is 0.500. The lowest BCUT2D eigenvalue weighted by molar-refractivity contribution is 0.221. The SMILES string of the molecule is CC(C)(C)C.Nc1ccc(CN2CCCCC2)cc1. The molecule has 2 rings (SSSR count). The van der Waals surface area contributed by atoms with Crippen LogP contribution in [0.4, 0.5) is 5.69 Å². The van der Waals surface area contributed by atoms with Crippen LogP contribution in [0.2, 0.25) is 0 Å². The molecule has 0 radical (unpaired) electrons. The van der Waals surface area contributed by atoms with Gasteiger partial charge in [0.05, 0.1) is 0 Å². The van der Waals surface area contributed by atoms with Crippen LogP contribution < -0.4 is 5.73 Å². The Morgan fingerprint density at radius 3 is 1.89 bits per heavy atom. The Balaban J connectivity index is 0.000000312. The number of likely N-dealkylation sites (tertiary alicyclic amines) is 1. The molecule has 0 atom stereocenters. The van der Waals surface area contributed by atoms with Crippen LogP contribution in [0.5, 0.6) is 0 Å². The summed E-state index contributed by atoms with van der Waals surface area (Å²) in [4.78, 5) is 2.52. The van der Waals surface area contributed by atoms with Crippen LogP contribution in [0.1, 0.15) is 52.5 Å². The summed E-state index contributed by atoms with van der Waals surface area (Å²) in [6.07, 6.45) is 4.11. The number of rotatable bonds is 2. The van der Waals surface area contributed by atoms with E-state index in [0.29, 0.717) is 5.41 Å². The number of piperidine rings is 1. The number of nitrogens with two attached hydrogens (primary N) is 1. The monoisotopic (exact) mass is 262 g/mol. The highest BCUT2D eigenvalue weighted by Gasteiger charge is 2.09. The molecule has 1 aromatic rings. The lowest BCUT2D eigenvalue weighted by atomic mass is 10.0. The Morgan fingerprint density at radius 1 is 0.947 bits per heavy atom.